The van der Waals surface area contributed by atoms with Gasteiger partial charge < -0.3 is 9.67 Å². The van der Waals surface area contributed by atoms with Crippen LogP contribution >= 0.6 is 0 Å². The predicted molar refractivity (Wildman–Crippen MR) is 99.3 cm³/mol. The largest absolute Gasteiger partial charge is 0.393 e. The van der Waals surface area contributed by atoms with Crippen LogP contribution in [0.5, 0.6) is 0 Å². The van der Waals surface area contributed by atoms with Gasteiger partial charge in [-0.25, -0.2) is 4.98 Å². The molecule has 2 atom stereocenters. The van der Waals surface area contributed by atoms with Crippen molar-refractivity contribution in [3.05, 3.63) is 66.0 Å². The average molecular weight is 322 g/mol. The van der Waals surface area contributed by atoms with Crippen molar-refractivity contribution < 1.29 is 5.11 Å². The molecule has 2 heterocycles. The van der Waals surface area contributed by atoms with Gasteiger partial charge in [-0.1, -0.05) is 44.2 Å². The van der Waals surface area contributed by atoms with Crippen LogP contribution in [0.15, 0.2) is 54.7 Å². The van der Waals surface area contributed by atoms with Gasteiger partial charge in [0.2, 0.25) is 0 Å². The van der Waals surface area contributed by atoms with Crippen LogP contribution in [0.2, 0.25) is 0 Å². The number of fused-ring (bicyclic) bond motifs is 1. The van der Waals surface area contributed by atoms with E-state index < -0.39 is 0 Å². The van der Waals surface area contributed by atoms with Crippen molar-refractivity contribution in [1.29, 1.82) is 0 Å². The lowest BCUT2D eigenvalue weighted by molar-refractivity contribution is 0.154. The lowest BCUT2D eigenvalue weighted by Gasteiger charge is -2.30. The number of aliphatic hydroxyl groups is 1. The summed E-state index contributed by atoms with van der Waals surface area (Å²) in [6.07, 6.45) is 2.22. The van der Waals surface area contributed by atoms with Gasteiger partial charge in [0.1, 0.15) is 5.65 Å². The highest BCUT2D eigenvalue weighted by Crippen LogP contribution is 2.36. The highest BCUT2D eigenvalue weighted by molar-refractivity contribution is 5.78. The monoisotopic (exact) mass is 322 g/mol. The van der Waals surface area contributed by atoms with E-state index in [1.54, 1.807) is 0 Å². The summed E-state index contributed by atoms with van der Waals surface area (Å²) in [7, 11) is 0. The van der Waals surface area contributed by atoms with Gasteiger partial charge in [-0.2, -0.15) is 0 Å². The maximum Gasteiger partial charge on any atom is 0.140 e. The second-order valence-corrected chi connectivity index (χ2v) is 7.34. The number of aromatic nitrogens is 2. The zero-order chi connectivity index (χ0) is 17.3. The lowest BCUT2D eigenvalue weighted by Crippen LogP contribution is -2.27. The normalized spacial score (nSPS) is 14.7. The minimum Gasteiger partial charge on any atom is -0.393 e. The van der Waals surface area contributed by atoms with Gasteiger partial charge in [-0.3, -0.25) is 0 Å². The molecule has 0 amide bonds. The van der Waals surface area contributed by atoms with Gasteiger partial charge in [0.15, 0.2) is 0 Å². The van der Waals surface area contributed by atoms with E-state index in [0.29, 0.717) is 6.42 Å². The Bertz CT molecular complexity index is 818. The van der Waals surface area contributed by atoms with Gasteiger partial charge in [0.05, 0.1) is 12.1 Å². The Kier molecular flexibility index (Phi) is 4.46. The molecule has 1 aromatic carbocycles. The Balaban J connectivity index is 2.19. The number of hydrogen-bond donors (Lipinski definition) is 1. The highest BCUT2D eigenvalue weighted by atomic mass is 16.3. The molecular weight excluding hydrogens is 296 g/mol. The first kappa shape index (κ1) is 16.7. The van der Waals surface area contributed by atoms with E-state index in [1.165, 1.54) is 11.3 Å². The fourth-order valence-electron chi connectivity index (χ4n) is 3.69. The summed E-state index contributed by atoms with van der Waals surface area (Å²) in [4.78, 5) is 4.64. The number of aliphatic hydroxyl groups excluding tert-OH is 1. The van der Waals surface area contributed by atoms with Crippen molar-refractivity contribution >= 4 is 11.0 Å². The van der Waals surface area contributed by atoms with Crippen molar-refractivity contribution in [1.82, 2.24) is 9.55 Å². The minimum absolute atomic E-state index is 0.141. The van der Waals surface area contributed by atoms with E-state index in [4.69, 9.17) is 0 Å². The third-order valence-electron chi connectivity index (χ3n) is 4.77. The first-order valence-electron chi connectivity index (χ1n) is 8.59. The molecule has 0 fully saturated rings. The Labute approximate surface area is 144 Å². The van der Waals surface area contributed by atoms with Gasteiger partial charge in [0, 0.05) is 22.7 Å². The molecule has 2 unspecified atom stereocenters. The maximum absolute atomic E-state index is 9.95. The van der Waals surface area contributed by atoms with Crippen LogP contribution in [0.4, 0.5) is 0 Å². The summed E-state index contributed by atoms with van der Waals surface area (Å²) in [5, 5.41) is 11.1. The fraction of sp³-hybridized carbons (Fsp3) is 0.381. The predicted octanol–water partition coefficient (Wildman–Crippen LogP) is 4.69. The molecule has 2 aromatic heterocycles. The molecule has 0 bridgehead atoms. The van der Waals surface area contributed by atoms with E-state index in [1.807, 2.05) is 25.3 Å². The van der Waals surface area contributed by atoms with Crippen molar-refractivity contribution in [3.63, 3.8) is 0 Å². The molecule has 3 heteroatoms. The second-order valence-electron chi connectivity index (χ2n) is 7.34. The molecule has 1 N–H and O–H groups in total. The zero-order valence-corrected chi connectivity index (χ0v) is 14.9. The van der Waals surface area contributed by atoms with Gasteiger partial charge in [-0.05, 0) is 44.0 Å². The average Bonchev–Trinajstić information content (AvgIpc) is 2.94. The SMILES string of the molecule is CC(O)CC(C)(C)c1cc2cccnc2n1C(C)c1ccccc1. The molecule has 24 heavy (non-hydrogen) atoms. The topological polar surface area (TPSA) is 38.1 Å². The van der Waals surface area contributed by atoms with Gasteiger partial charge in [0.25, 0.3) is 0 Å². The summed E-state index contributed by atoms with van der Waals surface area (Å²) in [6, 6.07) is 17.0. The summed E-state index contributed by atoms with van der Waals surface area (Å²) < 4.78 is 2.33. The third kappa shape index (κ3) is 3.09. The number of rotatable bonds is 5. The second kappa shape index (κ2) is 6.40. The first-order chi connectivity index (χ1) is 11.4. The molecule has 3 aromatic rings. The summed E-state index contributed by atoms with van der Waals surface area (Å²) in [5.74, 6) is 0. The molecule has 3 rings (SSSR count). The molecule has 0 spiro atoms. The lowest BCUT2D eigenvalue weighted by atomic mass is 9.83. The molecule has 0 aliphatic rings. The van der Waals surface area contributed by atoms with Crippen LogP contribution in [-0.4, -0.2) is 20.8 Å². The number of pyridine rings is 1. The van der Waals surface area contributed by atoms with Crippen molar-refractivity contribution in [3.8, 4) is 0 Å². The molecule has 3 nitrogen and oxygen atoms in total. The summed E-state index contributed by atoms with van der Waals surface area (Å²) in [5.41, 5.74) is 3.34. The van der Waals surface area contributed by atoms with Gasteiger partial charge in [-0.15, -0.1) is 0 Å². The summed E-state index contributed by atoms with van der Waals surface area (Å²) >= 11 is 0. The van der Waals surface area contributed by atoms with E-state index in [-0.39, 0.29) is 17.6 Å². The Morgan fingerprint density at radius 2 is 1.79 bits per heavy atom. The molecule has 0 aliphatic heterocycles. The number of hydrogen-bond acceptors (Lipinski definition) is 2. The van der Waals surface area contributed by atoms with E-state index in [9.17, 15) is 5.11 Å². The Hall–Kier alpha value is -2.13. The van der Waals surface area contributed by atoms with Crippen LogP contribution in [0.3, 0.4) is 0 Å². The highest BCUT2D eigenvalue weighted by Gasteiger charge is 2.29. The van der Waals surface area contributed by atoms with Crippen LogP contribution in [0.25, 0.3) is 11.0 Å². The Morgan fingerprint density at radius 1 is 1.08 bits per heavy atom. The smallest absolute Gasteiger partial charge is 0.140 e. The van der Waals surface area contributed by atoms with Crippen molar-refractivity contribution in [2.24, 2.45) is 0 Å². The molecule has 0 saturated carbocycles. The molecule has 0 aliphatic carbocycles. The van der Waals surface area contributed by atoms with Crippen molar-refractivity contribution in [2.45, 2.75) is 51.7 Å². The van der Waals surface area contributed by atoms with Crippen LogP contribution in [0.1, 0.15) is 51.4 Å². The van der Waals surface area contributed by atoms with Crippen LogP contribution in [-0.2, 0) is 5.41 Å². The zero-order valence-electron chi connectivity index (χ0n) is 14.9. The standard InChI is InChI=1S/C21H26N2O/c1-15(24)14-21(3,4)19-13-18-11-8-12-22-20(18)23(19)16(2)17-9-6-5-7-10-17/h5-13,15-16,24H,14H2,1-4H3. The Morgan fingerprint density at radius 3 is 2.46 bits per heavy atom. The van der Waals surface area contributed by atoms with Crippen LogP contribution < -0.4 is 0 Å². The quantitative estimate of drug-likeness (QED) is 0.740. The summed E-state index contributed by atoms with van der Waals surface area (Å²) in [6.45, 7) is 8.46. The van der Waals surface area contributed by atoms with Gasteiger partial charge >= 0.3 is 0 Å². The number of nitrogens with zero attached hydrogens (tertiary/aromatic N) is 2. The maximum atomic E-state index is 9.95. The minimum atomic E-state index is -0.341. The first-order valence-corrected chi connectivity index (χ1v) is 8.59. The van der Waals surface area contributed by atoms with Crippen molar-refractivity contribution in [2.75, 3.05) is 0 Å². The van der Waals surface area contributed by atoms with E-state index >= 15 is 0 Å². The van der Waals surface area contributed by atoms with E-state index in [2.05, 4.69) is 66.7 Å². The molecule has 0 radical (unpaired) electrons. The molecular formula is C21H26N2O. The van der Waals surface area contributed by atoms with E-state index in [0.717, 1.165) is 11.0 Å². The number of benzene rings is 1. The third-order valence-corrected chi connectivity index (χ3v) is 4.77. The van der Waals surface area contributed by atoms with Crippen LogP contribution in [0, 0.1) is 0 Å². The fourth-order valence-corrected chi connectivity index (χ4v) is 3.69. The molecule has 0 saturated heterocycles. The molecule has 126 valence electrons.